The Morgan fingerprint density at radius 2 is 2.09 bits per heavy atom. The van der Waals surface area contributed by atoms with E-state index in [9.17, 15) is 9.00 Å². The van der Waals surface area contributed by atoms with Crippen molar-refractivity contribution in [3.63, 3.8) is 0 Å². The highest BCUT2D eigenvalue weighted by Gasteiger charge is 2.05. The smallest absolute Gasteiger partial charge is 0.316 e. The summed E-state index contributed by atoms with van der Waals surface area (Å²) in [6.07, 6.45) is 0.833. The van der Waals surface area contributed by atoms with Gasteiger partial charge in [-0.1, -0.05) is 13.8 Å². The molecule has 0 fully saturated rings. The Balaban J connectivity index is 3.46. The van der Waals surface area contributed by atoms with Gasteiger partial charge in [-0.15, -0.1) is 0 Å². The van der Waals surface area contributed by atoms with Crippen molar-refractivity contribution in [1.29, 1.82) is 0 Å². The van der Waals surface area contributed by atoms with E-state index in [4.69, 9.17) is 5.11 Å². The van der Waals surface area contributed by atoms with Crippen molar-refractivity contribution in [3.05, 3.63) is 0 Å². The second kappa shape index (κ2) is 5.29. The van der Waals surface area contributed by atoms with Crippen LogP contribution in [0, 0.1) is 5.92 Å². The molecular formula is C7H14O3S. The first kappa shape index (κ1) is 10.6. The topological polar surface area (TPSA) is 54.4 Å². The third-order valence-electron chi connectivity index (χ3n) is 1.21. The lowest BCUT2D eigenvalue weighted by Gasteiger charge is -2.01. The fraction of sp³-hybridized carbons (Fsp3) is 0.857. The summed E-state index contributed by atoms with van der Waals surface area (Å²) in [6, 6.07) is 0. The largest absolute Gasteiger partial charge is 0.481 e. The van der Waals surface area contributed by atoms with E-state index in [0.29, 0.717) is 11.7 Å². The Labute approximate surface area is 69.3 Å². The maximum atomic E-state index is 10.9. The highest BCUT2D eigenvalue weighted by atomic mass is 32.2. The highest BCUT2D eigenvalue weighted by molar-refractivity contribution is 7.85. The van der Waals surface area contributed by atoms with Crippen LogP contribution in [0.3, 0.4) is 0 Å². The Hall–Kier alpha value is -0.380. The van der Waals surface area contributed by atoms with Gasteiger partial charge in [0.15, 0.2) is 0 Å². The van der Waals surface area contributed by atoms with Crippen molar-refractivity contribution in [2.75, 3.05) is 11.5 Å². The number of hydrogen-bond donors (Lipinski definition) is 1. The molecule has 0 radical (unpaired) electrons. The summed E-state index contributed by atoms with van der Waals surface area (Å²) >= 11 is 0. The fourth-order valence-electron chi connectivity index (χ4n) is 0.577. The summed E-state index contributed by atoms with van der Waals surface area (Å²) in [5.74, 6) is -0.198. The molecule has 66 valence electrons. The van der Waals surface area contributed by atoms with E-state index in [0.717, 1.165) is 6.42 Å². The van der Waals surface area contributed by atoms with Crippen molar-refractivity contribution in [3.8, 4) is 0 Å². The van der Waals surface area contributed by atoms with Gasteiger partial charge in [0, 0.05) is 16.6 Å². The normalized spacial score (nSPS) is 13.4. The van der Waals surface area contributed by atoms with E-state index in [1.54, 1.807) is 0 Å². The average molecular weight is 178 g/mol. The van der Waals surface area contributed by atoms with Crippen LogP contribution in [0.4, 0.5) is 0 Å². The first-order valence-corrected chi connectivity index (χ1v) is 5.08. The molecule has 0 amide bonds. The van der Waals surface area contributed by atoms with Crippen LogP contribution in [0.1, 0.15) is 20.3 Å². The molecule has 0 saturated carbocycles. The van der Waals surface area contributed by atoms with Crippen LogP contribution in [-0.4, -0.2) is 26.8 Å². The Kier molecular flexibility index (Phi) is 5.11. The van der Waals surface area contributed by atoms with Gasteiger partial charge >= 0.3 is 5.97 Å². The maximum Gasteiger partial charge on any atom is 0.316 e. The number of rotatable bonds is 5. The molecule has 0 bridgehead atoms. The molecule has 0 aromatic heterocycles. The minimum absolute atomic E-state index is 0.216. The molecule has 0 aliphatic heterocycles. The fourth-order valence-corrected chi connectivity index (χ4v) is 1.73. The van der Waals surface area contributed by atoms with Crippen LogP contribution in [0.5, 0.6) is 0 Å². The molecule has 0 aliphatic carbocycles. The molecular weight excluding hydrogens is 164 g/mol. The predicted octanol–water partition coefficient (Wildman–Crippen LogP) is 0.866. The Morgan fingerprint density at radius 3 is 2.45 bits per heavy atom. The van der Waals surface area contributed by atoms with Crippen LogP contribution in [0.2, 0.25) is 0 Å². The SMILES string of the molecule is CC(C)CCS(=O)CC(=O)O. The summed E-state index contributed by atoms with van der Waals surface area (Å²) < 4.78 is 10.9. The van der Waals surface area contributed by atoms with E-state index in [1.165, 1.54) is 0 Å². The molecule has 0 heterocycles. The second-order valence-electron chi connectivity index (χ2n) is 2.86. The molecule has 1 unspecified atom stereocenters. The molecule has 0 saturated heterocycles. The molecule has 0 aliphatic rings. The van der Waals surface area contributed by atoms with E-state index >= 15 is 0 Å². The van der Waals surface area contributed by atoms with E-state index in [1.807, 2.05) is 13.8 Å². The van der Waals surface area contributed by atoms with Crippen molar-refractivity contribution >= 4 is 16.8 Å². The van der Waals surface area contributed by atoms with Crippen LogP contribution in [-0.2, 0) is 15.6 Å². The lowest BCUT2D eigenvalue weighted by atomic mass is 10.2. The second-order valence-corrected chi connectivity index (χ2v) is 4.44. The van der Waals surface area contributed by atoms with Crippen molar-refractivity contribution in [2.45, 2.75) is 20.3 Å². The van der Waals surface area contributed by atoms with E-state index in [-0.39, 0.29) is 5.75 Å². The van der Waals surface area contributed by atoms with Gasteiger partial charge in [0.25, 0.3) is 0 Å². The van der Waals surface area contributed by atoms with Gasteiger partial charge in [-0.2, -0.15) is 0 Å². The van der Waals surface area contributed by atoms with Crippen LogP contribution >= 0.6 is 0 Å². The van der Waals surface area contributed by atoms with Gasteiger partial charge in [-0.05, 0) is 12.3 Å². The molecule has 4 heteroatoms. The summed E-state index contributed by atoms with van der Waals surface area (Å²) in [4.78, 5) is 10.1. The Morgan fingerprint density at radius 1 is 1.55 bits per heavy atom. The minimum atomic E-state index is -1.17. The summed E-state index contributed by atoms with van der Waals surface area (Å²) in [5.41, 5.74) is 0. The molecule has 1 N–H and O–H groups in total. The van der Waals surface area contributed by atoms with Gasteiger partial charge < -0.3 is 5.11 Å². The van der Waals surface area contributed by atoms with Gasteiger partial charge in [0.05, 0.1) is 0 Å². The molecule has 0 aromatic carbocycles. The third kappa shape index (κ3) is 7.52. The first-order valence-electron chi connectivity index (χ1n) is 3.59. The van der Waals surface area contributed by atoms with Crippen LogP contribution in [0.15, 0.2) is 0 Å². The minimum Gasteiger partial charge on any atom is -0.481 e. The molecule has 1 atom stereocenters. The predicted molar refractivity (Wildman–Crippen MR) is 45.0 cm³/mol. The van der Waals surface area contributed by atoms with Crippen molar-refractivity contribution < 1.29 is 14.1 Å². The standard InChI is InChI=1S/C7H14O3S/c1-6(2)3-4-11(10)5-7(8)9/h6H,3-5H2,1-2H3,(H,8,9). The van der Waals surface area contributed by atoms with Gasteiger partial charge in [-0.25, -0.2) is 0 Å². The zero-order chi connectivity index (χ0) is 8.85. The lowest BCUT2D eigenvalue weighted by molar-refractivity contribution is -0.133. The zero-order valence-electron chi connectivity index (χ0n) is 6.87. The third-order valence-corrected chi connectivity index (χ3v) is 2.47. The molecule has 0 rings (SSSR count). The summed E-state index contributed by atoms with van der Waals surface area (Å²) in [7, 11) is -1.17. The monoisotopic (exact) mass is 178 g/mol. The van der Waals surface area contributed by atoms with E-state index in [2.05, 4.69) is 0 Å². The quantitative estimate of drug-likeness (QED) is 0.679. The van der Waals surface area contributed by atoms with Crippen LogP contribution < -0.4 is 0 Å². The number of carbonyl (C=O) groups is 1. The van der Waals surface area contributed by atoms with Gasteiger partial charge in [-0.3, -0.25) is 9.00 Å². The maximum absolute atomic E-state index is 10.9. The summed E-state index contributed by atoms with van der Waals surface area (Å²) in [6.45, 7) is 4.05. The van der Waals surface area contributed by atoms with Crippen molar-refractivity contribution in [1.82, 2.24) is 0 Å². The Bertz CT molecular complexity index is 154. The lowest BCUT2D eigenvalue weighted by Crippen LogP contribution is -2.12. The van der Waals surface area contributed by atoms with Gasteiger partial charge in [0.1, 0.15) is 5.75 Å². The number of aliphatic carboxylic acids is 1. The van der Waals surface area contributed by atoms with Crippen molar-refractivity contribution in [2.24, 2.45) is 5.92 Å². The molecule has 11 heavy (non-hydrogen) atoms. The molecule has 0 spiro atoms. The number of carboxylic acid groups (broad SMARTS) is 1. The highest BCUT2D eigenvalue weighted by Crippen LogP contribution is 2.00. The zero-order valence-corrected chi connectivity index (χ0v) is 7.69. The first-order chi connectivity index (χ1) is 5.02. The average Bonchev–Trinajstić information content (AvgIpc) is 1.82. The molecule has 0 aromatic rings. The summed E-state index contributed by atoms with van der Waals surface area (Å²) in [5, 5.41) is 8.26. The number of carboxylic acids is 1. The molecule has 3 nitrogen and oxygen atoms in total. The number of hydrogen-bond acceptors (Lipinski definition) is 2. The van der Waals surface area contributed by atoms with Gasteiger partial charge in [0.2, 0.25) is 0 Å². The van der Waals surface area contributed by atoms with E-state index < -0.39 is 16.8 Å². The van der Waals surface area contributed by atoms with Crippen LogP contribution in [0.25, 0.3) is 0 Å².